The van der Waals surface area contributed by atoms with Gasteiger partial charge < -0.3 is 15.0 Å². The van der Waals surface area contributed by atoms with Crippen LogP contribution < -0.4 is 15.0 Å². The fourth-order valence-electron chi connectivity index (χ4n) is 3.77. The maximum Gasteiger partial charge on any atom is 0.261 e. The van der Waals surface area contributed by atoms with Crippen molar-refractivity contribution in [2.75, 3.05) is 25.1 Å². The van der Waals surface area contributed by atoms with E-state index in [0.717, 1.165) is 10.6 Å². The van der Waals surface area contributed by atoms with Gasteiger partial charge in [0.2, 0.25) is 11.8 Å². The van der Waals surface area contributed by atoms with Crippen LogP contribution in [-0.4, -0.2) is 54.8 Å². The molecular weight excluding hydrogens is 386 g/mol. The minimum atomic E-state index is -0.384. The third-order valence-corrected chi connectivity index (χ3v) is 5.31. The molecule has 1 fully saturated rings. The molecule has 2 aromatic carbocycles. The van der Waals surface area contributed by atoms with Crippen LogP contribution in [0.25, 0.3) is 0 Å². The van der Waals surface area contributed by atoms with Crippen LogP contribution >= 0.6 is 0 Å². The number of anilines is 1. The Balaban J connectivity index is 1.31. The average molecular weight is 407 g/mol. The summed E-state index contributed by atoms with van der Waals surface area (Å²) in [6.45, 7) is 0.366. The van der Waals surface area contributed by atoms with Crippen molar-refractivity contribution in [1.29, 1.82) is 0 Å². The molecule has 1 N–H and O–H groups in total. The first kappa shape index (κ1) is 19.6. The first-order chi connectivity index (χ1) is 14.5. The van der Waals surface area contributed by atoms with Crippen molar-refractivity contribution in [3.8, 4) is 5.75 Å². The predicted molar refractivity (Wildman–Crippen MR) is 108 cm³/mol. The summed E-state index contributed by atoms with van der Waals surface area (Å²) in [4.78, 5) is 52.2. The molecule has 2 heterocycles. The number of nitrogens with one attached hydrogen (secondary N) is 1. The van der Waals surface area contributed by atoms with E-state index in [4.69, 9.17) is 4.74 Å². The molecule has 8 nitrogen and oxygen atoms in total. The minimum Gasteiger partial charge on any atom is -0.497 e. The summed E-state index contributed by atoms with van der Waals surface area (Å²) in [6, 6.07) is 13.4. The molecule has 1 saturated heterocycles. The van der Waals surface area contributed by atoms with Crippen molar-refractivity contribution in [3.05, 3.63) is 59.7 Å². The van der Waals surface area contributed by atoms with Crippen molar-refractivity contribution in [2.24, 2.45) is 0 Å². The lowest BCUT2D eigenvalue weighted by Gasteiger charge is -2.18. The molecule has 8 heteroatoms. The first-order valence-electron chi connectivity index (χ1n) is 9.67. The molecule has 0 saturated carbocycles. The smallest absolute Gasteiger partial charge is 0.261 e. The van der Waals surface area contributed by atoms with Crippen molar-refractivity contribution in [1.82, 2.24) is 10.2 Å². The van der Waals surface area contributed by atoms with E-state index in [2.05, 4.69) is 5.32 Å². The van der Waals surface area contributed by atoms with Gasteiger partial charge in [0.05, 0.1) is 24.3 Å². The topological polar surface area (TPSA) is 96.0 Å². The summed E-state index contributed by atoms with van der Waals surface area (Å²) in [5.74, 6) is -0.453. The second-order valence-corrected chi connectivity index (χ2v) is 7.23. The third-order valence-electron chi connectivity index (χ3n) is 5.31. The highest BCUT2D eigenvalue weighted by Crippen LogP contribution is 2.25. The van der Waals surface area contributed by atoms with Crippen LogP contribution in [0.15, 0.2) is 48.5 Å². The number of nitrogens with zero attached hydrogens (tertiary/aromatic N) is 2. The van der Waals surface area contributed by atoms with E-state index in [-0.39, 0.29) is 49.1 Å². The molecule has 0 unspecified atom stereocenters. The second kappa shape index (κ2) is 7.98. The lowest BCUT2D eigenvalue weighted by molar-refractivity contribution is -0.121. The Hall–Kier alpha value is -3.68. The number of hydrogen-bond donors (Lipinski definition) is 1. The van der Waals surface area contributed by atoms with Crippen molar-refractivity contribution >= 4 is 29.3 Å². The molecule has 1 atom stereocenters. The Morgan fingerprint density at radius 2 is 1.67 bits per heavy atom. The highest BCUT2D eigenvalue weighted by molar-refractivity contribution is 6.21. The molecule has 4 rings (SSSR count). The molecule has 0 aliphatic carbocycles. The number of ether oxygens (including phenoxy) is 1. The summed E-state index contributed by atoms with van der Waals surface area (Å²) < 4.78 is 5.12. The number of rotatable bonds is 6. The number of benzene rings is 2. The summed E-state index contributed by atoms with van der Waals surface area (Å²) in [5, 5.41) is 2.83. The lowest BCUT2D eigenvalue weighted by atomic mass is 10.1. The number of hydrogen-bond acceptors (Lipinski definition) is 5. The van der Waals surface area contributed by atoms with E-state index < -0.39 is 0 Å². The van der Waals surface area contributed by atoms with Gasteiger partial charge in [-0.2, -0.15) is 0 Å². The van der Waals surface area contributed by atoms with Crippen LogP contribution in [0.3, 0.4) is 0 Å². The Labute approximate surface area is 173 Å². The molecule has 30 heavy (non-hydrogen) atoms. The van der Waals surface area contributed by atoms with Crippen LogP contribution in [0.4, 0.5) is 5.69 Å². The van der Waals surface area contributed by atoms with Gasteiger partial charge in [-0.15, -0.1) is 0 Å². The van der Waals surface area contributed by atoms with Crippen LogP contribution in [0, 0.1) is 0 Å². The summed E-state index contributed by atoms with van der Waals surface area (Å²) in [6.07, 6.45) is 0.184. The van der Waals surface area contributed by atoms with Gasteiger partial charge in [0.15, 0.2) is 0 Å². The number of fused-ring (bicyclic) bond motifs is 1. The van der Waals surface area contributed by atoms with E-state index >= 15 is 0 Å². The standard InChI is InChI=1S/C22H21N3O5/c1-30-16-8-6-15(7-9-16)25-13-14(12-20(25)27)23-19(26)10-11-24-21(28)17-4-2-3-5-18(17)22(24)29/h2-9,14H,10-13H2,1H3,(H,23,26)/t14-/m1/s1. The molecular formula is C22H21N3O5. The molecule has 4 amide bonds. The van der Waals surface area contributed by atoms with Crippen LogP contribution in [0.2, 0.25) is 0 Å². The minimum absolute atomic E-state index is 0.00103. The molecule has 0 bridgehead atoms. The van der Waals surface area contributed by atoms with Gasteiger partial charge in [0.1, 0.15) is 5.75 Å². The van der Waals surface area contributed by atoms with Gasteiger partial charge in [0, 0.05) is 31.6 Å². The van der Waals surface area contributed by atoms with Crippen molar-refractivity contribution in [3.63, 3.8) is 0 Å². The molecule has 0 spiro atoms. The van der Waals surface area contributed by atoms with E-state index in [1.165, 1.54) is 0 Å². The van der Waals surface area contributed by atoms with Gasteiger partial charge in [-0.25, -0.2) is 0 Å². The van der Waals surface area contributed by atoms with E-state index in [9.17, 15) is 19.2 Å². The zero-order valence-corrected chi connectivity index (χ0v) is 16.5. The molecule has 0 radical (unpaired) electrons. The van der Waals surface area contributed by atoms with Crippen LogP contribution in [0.1, 0.15) is 33.6 Å². The van der Waals surface area contributed by atoms with Crippen molar-refractivity contribution in [2.45, 2.75) is 18.9 Å². The Morgan fingerprint density at radius 3 is 2.27 bits per heavy atom. The summed E-state index contributed by atoms with van der Waals surface area (Å²) in [7, 11) is 1.57. The number of carbonyl (C=O) groups excluding carboxylic acids is 4. The van der Waals surface area contributed by atoms with Crippen LogP contribution in [0.5, 0.6) is 5.75 Å². The average Bonchev–Trinajstić information content (AvgIpc) is 3.24. The summed E-state index contributed by atoms with van der Waals surface area (Å²) >= 11 is 0. The Bertz CT molecular complexity index is 983. The predicted octanol–water partition coefficient (Wildman–Crippen LogP) is 1.60. The van der Waals surface area contributed by atoms with Gasteiger partial charge in [-0.3, -0.25) is 24.1 Å². The second-order valence-electron chi connectivity index (χ2n) is 7.23. The zero-order valence-electron chi connectivity index (χ0n) is 16.5. The quantitative estimate of drug-likeness (QED) is 0.734. The number of methoxy groups -OCH3 is 1. The van der Waals surface area contributed by atoms with Gasteiger partial charge in [-0.1, -0.05) is 12.1 Å². The molecule has 2 aliphatic rings. The van der Waals surface area contributed by atoms with E-state index in [0.29, 0.717) is 23.4 Å². The number of imide groups is 1. The fourth-order valence-corrected chi connectivity index (χ4v) is 3.77. The largest absolute Gasteiger partial charge is 0.497 e. The number of amides is 4. The first-order valence-corrected chi connectivity index (χ1v) is 9.67. The molecule has 0 aromatic heterocycles. The maximum atomic E-state index is 12.4. The fraction of sp³-hybridized carbons (Fsp3) is 0.273. The SMILES string of the molecule is COc1ccc(N2C[C@H](NC(=O)CCN3C(=O)c4ccccc4C3=O)CC2=O)cc1. The lowest BCUT2D eigenvalue weighted by Crippen LogP contribution is -2.39. The van der Waals surface area contributed by atoms with Gasteiger partial charge >= 0.3 is 0 Å². The molecule has 2 aromatic rings. The van der Waals surface area contributed by atoms with Gasteiger partial charge in [0.25, 0.3) is 11.8 Å². The van der Waals surface area contributed by atoms with Crippen LogP contribution in [-0.2, 0) is 9.59 Å². The normalized spacial score (nSPS) is 18.0. The van der Waals surface area contributed by atoms with E-state index in [1.54, 1.807) is 60.5 Å². The van der Waals surface area contributed by atoms with E-state index in [1.807, 2.05) is 0 Å². The molecule has 154 valence electrons. The number of carbonyl (C=O) groups is 4. The highest BCUT2D eigenvalue weighted by atomic mass is 16.5. The molecule has 2 aliphatic heterocycles. The third kappa shape index (κ3) is 3.63. The van der Waals surface area contributed by atoms with Crippen molar-refractivity contribution < 1.29 is 23.9 Å². The van der Waals surface area contributed by atoms with Gasteiger partial charge in [-0.05, 0) is 36.4 Å². The maximum absolute atomic E-state index is 12.4. The monoisotopic (exact) mass is 407 g/mol. The Morgan fingerprint density at radius 1 is 1.03 bits per heavy atom. The zero-order chi connectivity index (χ0) is 21.3. The highest BCUT2D eigenvalue weighted by Gasteiger charge is 2.36. The summed E-state index contributed by atoms with van der Waals surface area (Å²) in [5.41, 5.74) is 1.46. The Kier molecular flexibility index (Phi) is 5.22.